The predicted molar refractivity (Wildman–Crippen MR) is 99.4 cm³/mol. The third-order valence-corrected chi connectivity index (χ3v) is 4.97. The summed E-state index contributed by atoms with van der Waals surface area (Å²) in [7, 11) is 0. The summed E-state index contributed by atoms with van der Waals surface area (Å²) in [6, 6.07) is 10.8. The molecule has 2 heterocycles. The van der Waals surface area contributed by atoms with Gasteiger partial charge in [0.15, 0.2) is 5.75 Å². The van der Waals surface area contributed by atoms with Crippen molar-refractivity contribution in [2.45, 2.75) is 38.8 Å². The highest BCUT2D eigenvalue weighted by atomic mass is 35.5. The second-order valence-corrected chi connectivity index (χ2v) is 7.01. The van der Waals surface area contributed by atoms with E-state index in [-0.39, 0.29) is 18.6 Å². The average Bonchev–Trinajstić information content (AvgIpc) is 2.61. The Hall–Kier alpha value is -1.78. The molecule has 1 aromatic carbocycles. The van der Waals surface area contributed by atoms with E-state index in [0.717, 1.165) is 19.4 Å². The van der Waals surface area contributed by atoms with Gasteiger partial charge in [0, 0.05) is 12.6 Å². The number of halogens is 2. The van der Waals surface area contributed by atoms with Crippen LogP contribution in [0.15, 0.2) is 36.4 Å². The molecule has 6 heteroatoms. The lowest BCUT2D eigenvalue weighted by Gasteiger charge is -2.33. The normalized spacial score (nSPS) is 17.4. The van der Waals surface area contributed by atoms with Gasteiger partial charge in [-0.1, -0.05) is 35.3 Å². The topological polar surface area (TPSA) is 42.4 Å². The summed E-state index contributed by atoms with van der Waals surface area (Å²) in [5.74, 6) is 0.402. The molecule has 25 heavy (non-hydrogen) atoms. The molecule has 1 aliphatic rings. The van der Waals surface area contributed by atoms with Gasteiger partial charge in [-0.25, -0.2) is 4.98 Å². The summed E-state index contributed by atoms with van der Waals surface area (Å²) in [6.45, 7) is 3.07. The van der Waals surface area contributed by atoms with Crippen molar-refractivity contribution in [3.63, 3.8) is 0 Å². The zero-order valence-electron chi connectivity index (χ0n) is 14.0. The van der Waals surface area contributed by atoms with Gasteiger partial charge in [-0.05, 0) is 50.5 Å². The molecule has 2 aromatic rings. The van der Waals surface area contributed by atoms with Gasteiger partial charge in [-0.2, -0.15) is 0 Å². The number of amides is 1. The van der Waals surface area contributed by atoms with E-state index in [9.17, 15) is 4.79 Å². The van der Waals surface area contributed by atoms with Crippen molar-refractivity contribution in [1.82, 2.24) is 9.88 Å². The summed E-state index contributed by atoms with van der Waals surface area (Å²) in [5, 5.41) is 0.892. The third-order valence-electron chi connectivity index (χ3n) is 4.37. The van der Waals surface area contributed by atoms with Gasteiger partial charge in [0.25, 0.3) is 5.91 Å². The molecule has 0 radical (unpaired) electrons. The molecule has 1 aliphatic heterocycles. The number of carbonyl (C=O) groups excluding carboxylic acids is 1. The first-order valence-corrected chi connectivity index (χ1v) is 9.15. The summed E-state index contributed by atoms with van der Waals surface area (Å²) in [6.07, 6.45) is 3.26. The fourth-order valence-corrected chi connectivity index (χ4v) is 3.50. The van der Waals surface area contributed by atoms with Crippen molar-refractivity contribution < 1.29 is 9.53 Å². The Balaban J connectivity index is 1.72. The van der Waals surface area contributed by atoms with Crippen LogP contribution in [-0.2, 0) is 6.61 Å². The lowest BCUT2D eigenvalue weighted by Crippen LogP contribution is -2.42. The zero-order valence-corrected chi connectivity index (χ0v) is 15.6. The van der Waals surface area contributed by atoms with Crippen molar-refractivity contribution in [2.75, 3.05) is 6.54 Å². The Morgan fingerprint density at radius 2 is 1.92 bits per heavy atom. The van der Waals surface area contributed by atoms with Crippen LogP contribution in [0.25, 0.3) is 0 Å². The van der Waals surface area contributed by atoms with Gasteiger partial charge in [0.05, 0.1) is 15.7 Å². The van der Waals surface area contributed by atoms with Crippen molar-refractivity contribution >= 4 is 29.1 Å². The van der Waals surface area contributed by atoms with Gasteiger partial charge < -0.3 is 9.64 Å². The number of ether oxygens (including phenoxy) is 1. The van der Waals surface area contributed by atoms with Gasteiger partial charge >= 0.3 is 0 Å². The summed E-state index contributed by atoms with van der Waals surface area (Å²) >= 11 is 12.2. The number of rotatable bonds is 4. The van der Waals surface area contributed by atoms with Gasteiger partial charge in [-0.3, -0.25) is 4.79 Å². The number of carbonyl (C=O) groups is 1. The minimum Gasteiger partial charge on any atom is -0.484 e. The average molecular weight is 379 g/mol. The minimum atomic E-state index is -0.0233. The van der Waals surface area contributed by atoms with E-state index in [0.29, 0.717) is 27.2 Å². The number of hydrogen-bond donors (Lipinski definition) is 0. The number of hydrogen-bond acceptors (Lipinski definition) is 3. The van der Waals surface area contributed by atoms with E-state index in [1.165, 1.54) is 6.42 Å². The molecule has 1 unspecified atom stereocenters. The van der Waals surface area contributed by atoms with Crippen LogP contribution in [0.2, 0.25) is 10.0 Å². The maximum absolute atomic E-state index is 12.7. The first-order valence-electron chi connectivity index (χ1n) is 8.40. The standard InChI is InChI=1S/C19H20Cl2N2O2/c1-13-6-2-3-11-23(13)19(24)17-10-4-7-14(22-17)12-25-18-15(20)8-5-9-16(18)21/h4-5,7-10,13H,2-3,6,11-12H2,1H3. The molecule has 1 fully saturated rings. The van der Waals surface area contributed by atoms with E-state index < -0.39 is 0 Å². The Bertz CT molecular complexity index is 747. The van der Waals surface area contributed by atoms with Crippen molar-refractivity contribution in [2.24, 2.45) is 0 Å². The SMILES string of the molecule is CC1CCCCN1C(=O)c1cccc(COc2c(Cl)cccc2Cl)n1. The molecule has 1 atom stereocenters. The summed E-state index contributed by atoms with van der Waals surface area (Å²) < 4.78 is 5.70. The molecule has 1 aromatic heterocycles. The van der Waals surface area contributed by atoms with E-state index in [1.807, 2.05) is 17.0 Å². The van der Waals surface area contributed by atoms with Crippen molar-refractivity contribution in [3.05, 3.63) is 57.8 Å². The molecule has 0 N–H and O–H groups in total. The van der Waals surface area contributed by atoms with Gasteiger partial charge in [0.1, 0.15) is 12.3 Å². The highest BCUT2D eigenvalue weighted by Gasteiger charge is 2.25. The van der Waals surface area contributed by atoms with Crippen molar-refractivity contribution in [1.29, 1.82) is 0 Å². The number of aromatic nitrogens is 1. The van der Waals surface area contributed by atoms with E-state index in [4.69, 9.17) is 27.9 Å². The molecular weight excluding hydrogens is 359 g/mol. The summed E-state index contributed by atoms with van der Waals surface area (Å²) in [5.41, 5.74) is 1.10. The van der Waals surface area contributed by atoms with Crippen molar-refractivity contribution in [3.8, 4) is 5.75 Å². The molecular formula is C19H20Cl2N2O2. The van der Waals surface area contributed by atoms with Crippen LogP contribution in [0.5, 0.6) is 5.75 Å². The van der Waals surface area contributed by atoms with Gasteiger partial charge in [0.2, 0.25) is 0 Å². The fraction of sp³-hybridized carbons (Fsp3) is 0.368. The molecule has 0 saturated carbocycles. The summed E-state index contributed by atoms with van der Waals surface area (Å²) in [4.78, 5) is 19.1. The molecule has 1 saturated heterocycles. The van der Waals surface area contributed by atoms with E-state index in [2.05, 4.69) is 11.9 Å². The molecule has 1 amide bonds. The lowest BCUT2D eigenvalue weighted by molar-refractivity contribution is 0.0629. The highest BCUT2D eigenvalue weighted by molar-refractivity contribution is 6.37. The first kappa shape index (κ1) is 18.0. The number of benzene rings is 1. The number of para-hydroxylation sites is 1. The second kappa shape index (κ2) is 8.07. The smallest absolute Gasteiger partial charge is 0.272 e. The second-order valence-electron chi connectivity index (χ2n) is 6.20. The van der Waals surface area contributed by atoms with Crippen LogP contribution in [0.1, 0.15) is 42.4 Å². The Kier molecular flexibility index (Phi) is 5.82. The third kappa shape index (κ3) is 4.25. The maximum Gasteiger partial charge on any atom is 0.272 e. The fourth-order valence-electron chi connectivity index (χ4n) is 2.99. The van der Waals surface area contributed by atoms with Gasteiger partial charge in [-0.15, -0.1) is 0 Å². The Morgan fingerprint density at radius 3 is 2.64 bits per heavy atom. The maximum atomic E-state index is 12.7. The Morgan fingerprint density at radius 1 is 1.20 bits per heavy atom. The highest BCUT2D eigenvalue weighted by Crippen LogP contribution is 2.32. The lowest BCUT2D eigenvalue weighted by atomic mass is 10.0. The first-order chi connectivity index (χ1) is 12.1. The number of pyridine rings is 1. The number of nitrogens with zero attached hydrogens (tertiary/aromatic N) is 2. The molecule has 0 spiro atoms. The minimum absolute atomic E-state index is 0.0233. The quantitative estimate of drug-likeness (QED) is 0.752. The number of piperidine rings is 1. The van der Waals surface area contributed by atoms with Crippen LogP contribution in [0.3, 0.4) is 0 Å². The van der Waals surface area contributed by atoms with E-state index in [1.54, 1.807) is 24.3 Å². The van der Waals surface area contributed by atoms with Crippen LogP contribution < -0.4 is 4.74 Å². The molecule has 0 bridgehead atoms. The van der Waals surface area contributed by atoms with E-state index >= 15 is 0 Å². The van der Waals surface area contributed by atoms with Crippen LogP contribution in [0, 0.1) is 0 Å². The monoisotopic (exact) mass is 378 g/mol. The number of likely N-dealkylation sites (tertiary alicyclic amines) is 1. The molecule has 0 aliphatic carbocycles. The predicted octanol–water partition coefficient (Wildman–Crippen LogP) is 4.98. The molecule has 132 valence electrons. The largest absolute Gasteiger partial charge is 0.484 e. The molecule has 4 nitrogen and oxygen atoms in total. The Labute approximate surface area is 157 Å². The molecule has 3 rings (SSSR count). The van der Waals surface area contributed by atoms with Crippen LogP contribution in [0.4, 0.5) is 0 Å². The zero-order chi connectivity index (χ0) is 17.8. The van der Waals surface area contributed by atoms with Crippen LogP contribution >= 0.6 is 23.2 Å². The van der Waals surface area contributed by atoms with Crippen LogP contribution in [-0.4, -0.2) is 28.4 Å².